The second kappa shape index (κ2) is 36.7. The van der Waals surface area contributed by atoms with Crippen LogP contribution in [0.3, 0.4) is 0 Å². The molecule has 242 valence electrons. The van der Waals surface area contributed by atoms with Gasteiger partial charge in [0.2, 0.25) is 0 Å². The SMILES string of the molecule is COCCCCOCCCCOCCCCOCCOC(C)COCCCCOCCCCOCCCCOC. The molecule has 0 saturated heterocycles. The Kier molecular flexibility index (Phi) is 36.3. The lowest BCUT2D eigenvalue weighted by atomic mass is 10.3. The van der Waals surface area contributed by atoms with Crippen molar-refractivity contribution < 1.29 is 42.6 Å². The summed E-state index contributed by atoms with van der Waals surface area (Å²) in [6, 6.07) is 0. The molecule has 0 fully saturated rings. The molecule has 0 aliphatic heterocycles. The van der Waals surface area contributed by atoms with Crippen LogP contribution in [0.25, 0.3) is 0 Å². The highest BCUT2D eigenvalue weighted by molar-refractivity contribution is 4.49. The first-order valence-electron chi connectivity index (χ1n) is 15.9. The molecule has 40 heavy (non-hydrogen) atoms. The molecule has 0 aromatic rings. The number of hydrogen-bond donors (Lipinski definition) is 0. The minimum atomic E-state index is 0.0801. The van der Waals surface area contributed by atoms with Crippen LogP contribution in [0.5, 0.6) is 0 Å². The topological polar surface area (TPSA) is 83.1 Å². The van der Waals surface area contributed by atoms with Crippen molar-refractivity contribution in [1.82, 2.24) is 0 Å². The third-order valence-corrected chi connectivity index (χ3v) is 6.07. The second-order valence-electron chi connectivity index (χ2n) is 10.0. The zero-order valence-electron chi connectivity index (χ0n) is 26.3. The first-order chi connectivity index (χ1) is 19.8. The van der Waals surface area contributed by atoms with E-state index in [0.29, 0.717) is 19.8 Å². The Morgan fingerprint density at radius 1 is 0.325 bits per heavy atom. The van der Waals surface area contributed by atoms with Crippen LogP contribution >= 0.6 is 0 Å². The largest absolute Gasteiger partial charge is 0.385 e. The van der Waals surface area contributed by atoms with E-state index < -0.39 is 0 Å². The number of unbranched alkanes of at least 4 members (excludes halogenated alkanes) is 6. The van der Waals surface area contributed by atoms with Crippen LogP contribution in [0.4, 0.5) is 0 Å². The Balaban J connectivity index is 3.13. The molecule has 1 unspecified atom stereocenters. The fourth-order valence-corrected chi connectivity index (χ4v) is 3.65. The molecule has 0 aromatic carbocycles. The zero-order chi connectivity index (χ0) is 29.0. The van der Waals surface area contributed by atoms with E-state index in [1.807, 2.05) is 6.92 Å². The Morgan fingerprint density at radius 2 is 0.600 bits per heavy atom. The van der Waals surface area contributed by atoms with Crippen LogP contribution in [-0.4, -0.2) is 119 Å². The zero-order valence-corrected chi connectivity index (χ0v) is 26.3. The summed E-state index contributed by atoms with van der Waals surface area (Å²) < 4.78 is 49.7. The Bertz CT molecular complexity index is 443. The average Bonchev–Trinajstić information content (AvgIpc) is 2.96. The minimum absolute atomic E-state index is 0.0801. The summed E-state index contributed by atoms with van der Waals surface area (Å²) in [4.78, 5) is 0. The lowest BCUT2D eigenvalue weighted by Crippen LogP contribution is -2.19. The van der Waals surface area contributed by atoms with Gasteiger partial charge in [-0.25, -0.2) is 0 Å². The summed E-state index contributed by atoms with van der Waals surface area (Å²) in [5.41, 5.74) is 0. The summed E-state index contributed by atoms with van der Waals surface area (Å²) in [6.45, 7) is 13.5. The van der Waals surface area contributed by atoms with Crippen molar-refractivity contribution in [3.63, 3.8) is 0 Å². The third-order valence-electron chi connectivity index (χ3n) is 6.07. The standard InChI is InChI=1S/C31H64O9/c1-31(30-39-27-15-14-25-37-23-11-9-21-35-19-7-5-17-33-3)40-29-28-38-26-13-12-24-36-22-10-8-20-34-18-6-4-16-32-2/h31H,4-30H2,1-3H3. The first kappa shape index (κ1) is 39.6. The van der Waals surface area contributed by atoms with E-state index >= 15 is 0 Å². The summed E-state index contributed by atoms with van der Waals surface area (Å²) >= 11 is 0. The molecule has 0 amide bonds. The van der Waals surface area contributed by atoms with E-state index in [-0.39, 0.29) is 6.10 Å². The van der Waals surface area contributed by atoms with Crippen LogP contribution in [0, 0.1) is 0 Å². The molecule has 0 rings (SSSR count). The van der Waals surface area contributed by atoms with Gasteiger partial charge in [0.15, 0.2) is 0 Å². The van der Waals surface area contributed by atoms with Gasteiger partial charge in [0, 0.05) is 93.5 Å². The molecule has 0 bridgehead atoms. The van der Waals surface area contributed by atoms with Crippen molar-refractivity contribution in [3.8, 4) is 0 Å². The lowest BCUT2D eigenvalue weighted by molar-refractivity contribution is -0.0314. The second-order valence-corrected chi connectivity index (χ2v) is 10.0. The normalized spacial score (nSPS) is 12.4. The maximum absolute atomic E-state index is 5.76. The van der Waals surface area contributed by atoms with Crippen molar-refractivity contribution in [3.05, 3.63) is 0 Å². The molecule has 0 N–H and O–H groups in total. The molecular formula is C31H64O9. The van der Waals surface area contributed by atoms with E-state index in [2.05, 4.69) is 0 Å². The monoisotopic (exact) mass is 580 g/mol. The van der Waals surface area contributed by atoms with E-state index in [4.69, 9.17) is 42.6 Å². The molecule has 1 atom stereocenters. The smallest absolute Gasteiger partial charge is 0.0781 e. The van der Waals surface area contributed by atoms with Gasteiger partial charge in [0.25, 0.3) is 0 Å². The molecule has 9 nitrogen and oxygen atoms in total. The van der Waals surface area contributed by atoms with Crippen LogP contribution in [-0.2, 0) is 42.6 Å². The van der Waals surface area contributed by atoms with E-state index in [1.54, 1.807) is 14.2 Å². The van der Waals surface area contributed by atoms with Gasteiger partial charge in [-0.15, -0.1) is 0 Å². The van der Waals surface area contributed by atoms with Crippen molar-refractivity contribution in [2.24, 2.45) is 0 Å². The molecule has 0 saturated carbocycles. The van der Waals surface area contributed by atoms with E-state index in [1.165, 1.54) is 0 Å². The molecule has 0 spiro atoms. The average molecular weight is 581 g/mol. The maximum atomic E-state index is 5.76. The highest BCUT2D eigenvalue weighted by Crippen LogP contribution is 2.00. The van der Waals surface area contributed by atoms with Crippen molar-refractivity contribution in [2.75, 3.05) is 113 Å². The Labute approximate surface area is 246 Å². The van der Waals surface area contributed by atoms with Crippen molar-refractivity contribution >= 4 is 0 Å². The van der Waals surface area contributed by atoms with Crippen LogP contribution < -0.4 is 0 Å². The van der Waals surface area contributed by atoms with Gasteiger partial charge in [0.05, 0.1) is 25.9 Å². The molecule has 0 aromatic heterocycles. The molecule has 0 aliphatic rings. The number of hydrogen-bond acceptors (Lipinski definition) is 9. The predicted molar refractivity (Wildman–Crippen MR) is 159 cm³/mol. The van der Waals surface area contributed by atoms with E-state index in [9.17, 15) is 0 Å². The molecule has 0 radical (unpaired) electrons. The van der Waals surface area contributed by atoms with Gasteiger partial charge in [-0.3, -0.25) is 0 Å². The summed E-state index contributed by atoms with van der Waals surface area (Å²) in [7, 11) is 3.47. The quantitative estimate of drug-likeness (QED) is 0.0897. The Morgan fingerprint density at radius 3 is 0.925 bits per heavy atom. The highest BCUT2D eigenvalue weighted by atomic mass is 16.6. The minimum Gasteiger partial charge on any atom is -0.385 e. The first-order valence-corrected chi connectivity index (χ1v) is 15.9. The molecular weight excluding hydrogens is 516 g/mol. The Hall–Kier alpha value is -0.360. The van der Waals surface area contributed by atoms with Gasteiger partial charge in [0.1, 0.15) is 0 Å². The highest BCUT2D eigenvalue weighted by Gasteiger charge is 2.02. The summed E-state index contributed by atoms with van der Waals surface area (Å²) in [6.07, 6.45) is 12.6. The molecule has 0 heterocycles. The fraction of sp³-hybridized carbons (Fsp3) is 1.00. The van der Waals surface area contributed by atoms with E-state index in [0.717, 1.165) is 156 Å². The summed E-state index contributed by atoms with van der Waals surface area (Å²) in [5.74, 6) is 0. The summed E-state index contributed by atoms with van der Waals surface area (Å²) in [5, 5.41) is 0. The molecule has 9 heteroatoms. The van der Waals surface area contributed by atoms with Gasteiger partial charge in [-0.2, -0.15) is 0 Å². The van der Waals surface area contributed by atoms with Gasteiger partial charge >= 0.3 is 0 Å². The fourth-order valence-electron chi connectivity index (χ4n) is 3.65. The number of rotatable bonds is 36. The third kappa shape index (κ3) is 35.7. The molecule has 0 aliphatic carbocycles. The van der Waals surface area contributed by atoms with Crippen molar-refractivity contribution in [1.29, 1.82) is 0 Å². The number of methoxy groups -OCH3 is 2. The van der Waals surface area contributed by atoms with Crippen LogP contribution in [0.1, 0.15) is 84.0 Å². The van der Waals surface area contributed by atoms with Crippen LogP contribution in [0.15, 0.2) is 0 Å². The lowest BCUT2D eigenvalue weighted by Gasteiger charge is -2.13. The van der Waals surface area contributed by atoms with Crippen molar-refractivity contribution in [2.45, 2.75) is 90.1 Å². The van der Waals surface area contributed by atoms with Crippen LogP contribution in [0.2, 0.25) is 0 Å². The predicted octanol–water partition coefficient (Wildman–Crippen LogP) is 5.47. The van der Waals surface area contributed by atoms with Gasteiger partial charge in [-0.05, 0) is 84.0 Å². The number of ether oxygens (including phenoxy) is 9. The van der Waals surface area contributed by atoms with Gasteiger partial charge < -0.3 is 42.6 Å². The van der Waals surface area contributed by atoms with Gasteiger partial charge in [-0.1, -0.05) is 0 Å². The maximum Gasteiger partial charge on any atom is 0.0781 e.